The molecule has 0 spiro atoms. The van der Waals surface area contributed by atoms with E-state index in [2.05, 4.69) is 6.07 Å². The van der Waals surface area contributed by atoms with Crippen molar-refractivity contribution in [2.45, 2.75) is 32.2 Å². The standard InChI is InChI=1S/C15H21ClN2O/c1-17-12-13-8-4-5-9-14(13)18(15(17)19)11-7-3-2-6-10-16/h4-5,8-9H,2-3,6-7,10-12H2,1H3. The molecule has 19 heavy (non-hydrogen) atoms. The van der Waals surface area contributed by atoms with E-state index in [1.165, 1.54) is 5.56 Å². The van der Waals surface area contributed by atoms with Gasteiger partial charge in [-0.3, -0.25) is 4.90 Å². The number of anilines is 1. The zero-order chi connectivity index (χ0) is 13.7. The first-order valence-electron chi connectivity index (χ1n) is 6.90. The molecule has 0 bridgehead atoms. The van der Waals surface area contributed by atoms with Crippen LogP contribution in [-0.4, -0.2) is 30.4 Å². The summed E-state index contributed by atoms with van der Waals surface area (Å²) in [5.41, 5.74) is 2.30. The average molecular weight is 281 g/mol. The van der Waals surface area contributed by atoms with E-state index in [9.17, 15) is 4.79 Å². The number of para-hydroxylation sites is 1. The summed E-state index contributed by atoms with van der Waals surface area (Å²) in [4.78, 5) is 15.9. The summed E-state index contributed by atoms with van der Waals surface area (Å²) in [6.45, 7) is 1.50. The van der Waals surface area contributed by atoms with E-state index >= 15 is 0 Å². The molecule has 0 aromatic heterocycles. The molecule has 1 aliphatic rings. The summed E-state index contributed by atoms with van der Waals surface area (Å²) < 4.78 is 0. The average Bonchev–Trinajstić information content (AvgIpc) is 2.42. The molecule has 1 heterocycles. The van der Waals surface area contributed by atoms with Gasteiger partial charge in [0.1, 0.15) is 0 Å². The van der Waals surface area contributed by atoms with Crippen LogP contribution < -0.4 is 4.90 Å². The number of carbonyl (C=O) groups excluding carboxylic acids is 1. The molecule has 2 rings (SSSR count). The molecule has 0 unspecified atom stereocenters. The minimum absolute atomic E-state index is 0.107. The first kappa shape index (κ1) is 14.2. The number of alkyl halides is 1. The maximum absolute atomic E-state index is 12.2. The molecule has 0 aliphatic carbocycles. The molecule has 0 saturated carbocycles. The number of hydrogen-bond acceptors (Lipinski definition) is 1. The lowest BCUT2D eigenvalue weighted by Crippen LogP contribution is -2.45. The van der Waals surface area contributed by atoms with Crippen molar-refractivity contribution in [3.05, 3.63) is 29.8 Å². The second kappa shape index (κ2) is 6.80. The molecule has 4 heteroatoms. The maximum Gasteiger partial charge on any atom is 0.324 e. The summed E-state index contributed by atoms with van der Waals surface area (Å²) in [5, 5.41) is 0. The predicted octanol–water partition coefficient (Wildman–Crippen LogP) is 3.86. The SMILES string of the molecule is CN1Cc2ccccc2N(CCCCCCCl)C1=O. The number of rotatable bonds is 6. The fourth-order valence-electron chi connectivity index (χ4n) is 2.47. The van der Waals surface area contributed by atoms with Crippen molar-refractivity contribution in [1.82, 2.24) is 4.90 Å². The van der Waals surface area contributed by atoms with Crippen molar-refractivity contribution in [2.24, 2.45) is 0 Å². The van der Waals surface area contributed by atoms with Gasteiger partial charge < -0.3 is 4.90 Å². The van der Waals surface area contributed by atoms with Gasteiger partial charge in [-0.2, -0.15) is 0 Å². The maximum atomic E-state index is 12.2. The quantitative estimate of drug-likeness (QED) is 0.573. The van der Waals surface area contributed by atoms with Crippen molar-refractivity contribution in [3.63, 3.8) is 0 Å². The van der Waals surface area contributed by atoms with Crippen LogP contribution in [0.4, 0.5) is 10.5 Å². The smallest absolute Gasteiger partial charge is 0.323 e. The third-order valence-corrected chi connectivity index (χ3v) is 3.78. The van der Waals surface area contributed by atoms with Gasteiger partial charge >= 0.3 is 6.03 Å². The van der Waals surface area contributed by atoms with Crippen molar-refractivity contribution >= 4 is 23.3 Å². The molecule has 104 valence electrons. The summed E-state index contributed by atoms with van der Waals surface area (Å²) in [6.07, 6.45) is 4.36. The van der Waals surface area contributed by atoms with Crippen LogP contribution in [0.2, 0.25) is 0 Å². The highest BCUT2D eigenvalue weighted by atomic mass is 35.5. The Labute approximate surface area is 120 Å². The second-order valence-electron chi connectivity index (χ2n) is 5.02. The van der Waals surface area contributed by atoms with Crippen LogP contribution in [0.15, 0.2) is 24.3 Å². The number of nitrogens with zero attached hydrogens (tertiary/aromatic N) is 2. The predicted molar refractivity (Wildman–Crippen MR) is 79.8 cm³/mol. The lowest BCUT2D eigenvalue weighted by Gasteiger charge is -2.35. The van der Waals surface area contributed by atoms with Crippen LogP contribution >= 0.6 is 11.6 Å². The molecular formula is C15H21ClN2O. The van der Waals surface area contributed by atoms with Gasteiger partial charge in [-0.1, -0.05) is 31.0 Å². The van der Waals surface area contributed by atoms with Gasteiger partial charge in [0.05, 0.1) is 5.69 Å². The first-order valence-corrected chi connectivity index (χ1v) is 7.44. The Morgan fingerprint density at radius 3 is 2.68 bits per heavy atom. The molecule has 1 aromatic rings. The molecule has 2 amide bonds. The van der Waals surface area contributed by atoms with Crippen molar-refractivity contribution < 1.29 is 4.79 Å². The van der Waals surface area contributed by atoms with Crippen LogP contribution in [0.3, 0.4) is 0 Å². The van der Waals surface area contributed by atoms with Crippen LogP contribution in [0.1, 0.15) is 31.2 Å². The summed E-state index contributed by atoms with van der Waals surface area (Å²) >= 11 is 5.67. The van der Waals surface area contributed by atoms with E-state index in [0.29, 0.717) is 6.54 Å². The van der Waals surface area contributed by atoms with Gasteiger partial charge in [0.15, 0.2) is 0 Å². The van der Waals surface area contributed by atoms with Gasteiger partial charge in [-0.05, 0) is 24.5 Å². The summed E-state index contributed by atoms with van der Waals surface area (Å²) in [6, 6.07) is 8.27. The number of hydrogen-bond donors (Lipinski definition) is 0. The van der Waals surface area contributed by atoms with E-state index in [1.807, 2.05) is 30.1 Å². The monoisotopic (exact) mass is 280 g/mol. The van der Waals surface area contributed by atoms with E-state index in [1.54, 1.807) is 4.90 Å². The van der Waals surface area contributed by atoms with E-state index in [4.69, 9.17) is 11.6 Å². The van der Waals surface area contributed by atoms with E-state index in [0.717, 1.165) is 43.8 Å². The van der Waals surface area contributed by atoms with Gasteiger partial charge in [0, 0.05) is 26.0 Å². The lowest BCUT2D eigenvalue weighted by molar-refractivity contribution is 0.210. The fraction of sp³-hybridized carbons (Fsp3) is 0.533. The molecule has 1 aromatic carbocycles. The number of halogens is 1. The number of unbranched alkanes of at least 4 members (excludes halogenated alkanes) is 3. The third-order valence-electron chi connectivity index (χ3n) is 3.51. The Balaban J connectivity index is 2.00. The molecule has 0 fully saturated rings. The Kier molecular flexibility index (Phi) is 5.08. The fourth-order valence-corrected chi connectivity index (χ4v) is 2.66. The Bertz CT molecular complexity index is 436. The van der Waals surface area contributed by atoms with Crippen LogP contribution in [0.25, 0.3) is 0 Å². The summed E-state index contributed by atoms with van der Waals surface area (Å²) in [5.74, 6) is 0.730. The number of benzene rings is 1. The highest BCUT2D eigenvalue weighted by molar-refractivity contribution is 6.17. The molecule has 1 aliphatic heterocycles. The summed E-state index contributed by atoms with van der Waals surface area (Å²) in [7, 11) is 1.86. The highest BCUT2D eigenvalue weighted by Crippen LogP contribution is 2.27. The zero-order valence-electron chi connectivity index (χ0n) is 11.4. The molecule has 0 radical (unpaired) electrons. The largest absolute Gasteiger partial charge is 0.324 e. The Hall–Kier alpha value is -1.22. The van der Waals surface area contributed by atoms with Crippen molar-refractivity contribution in [2.75, 3.05) is 24.4 Å². The third kappa shape index (κ3) is 3.41. The minimum atomic E-state index is 0.107. The van der Waals surface area contributed by atoms with Crippen LogP contribution in [0.5, 0.6) is 0 Å². The van der Waals surface area contributed by atoms with Gasteiger partial charge in [-0.15, -0.1) is 11.6 Å². The topological polar surface area (TPSA) is 23.6 Å². The molecule has 0 saturated heterocycles. The normalized spacial score (nSPS) is 14.7. The minimum Gasteiger partial charge on any atom is -0.323 e. The molecule has 3 nitrogen and oxygen atoms in total. The lowest BCUT2D eigenvalue weighted by atomic mass is 10.1. The van der Waals surface area contributed by atoms with Gasteiger partial charge in [0.2, 0.25) is 0 Å². The number of fused-ring (bicyclic) bond motifs is 1. The number of urea groups is 1. The van der Waals surface area contributed by atoms with Crippen LogP contribution in [0, 0.1) is 0 Å². The molecular weight excluding hydrogens is 260 g/mol. The van der Waals surface area contributed by atoms with E-state index in [-0.39, 0.29) is 6.03 Å². The highest BCUT2D eigenvalue weighted by Gasteiger charge is 2.26. The van der Waals surface area contributed by atoms with Crippen molar-refractivity contribution in [3.8, 4) is 0 Å². The number of carbonyl (C=O) groups is 1. The number of amides is 2. The van der Waals surface area contributed by atoms with Gasteiger partial charge in [0.25, 0.3) is 0 Å². The molecule has 0 atom stereocenters. The van der Waals surface area contributed by atoms with Crippen molar-refractivity contribution in [1.29, 1.82) is 0 Å². The van der Waals surface area contributed by atoms with Crippen LogP contribution in [-0.2, 0) is 6.54 Å². The van der Waals surface area contributed by atoms with Gasteiger partial charge in [-0.25, -0.2) is 4.79 Å². The van der Waals surface area contributed by atoms with E-state index < -0.39 is 0 Å². The second-order valence-corrected chi connectivity index (χ2v) is 5.40. The Morgan fingerprint density at radius 1 is 1.16 bits per heavy atom. The first-order chi connectivity index (χ1) is 9.24. The Morgan fingerprint density at radius 2 is 1.89 bits per heavy atom. The molecule has 0 N–H and O–H groups in total. The zero-order valence-corrected chi connectivity index (χ0v) is 12.2.